The van der Waals surface area contributed by atoms with Crippen LogP contribution in [0.25, 0.3) is 0 Å². The molecule has 5 heteroatoms. The van der Waals surface area contributed by atoms with Gasteiger partial charge in [-0.25, -0.2) is 4.39 Å². The second-order valence-electron chi connectivity index (χ2n) is 3.34. The molecular weight excluding hydrogens is 211 g/mol. The van der Waals surface area contributed by atoms with Crippen LogP contribution >= 0.6 is 0 Å². The minimum atomic E-state index is -0.606. The summed E-state index contributed by atoms with van der Waals surface area (Å²) in [5.41, 5.74) is 5.57. The molecule has 0 atom stereocenters. The first kappa shape index (κ1) is 12.4. The van der Waals surface area contributed by atoms with Gasteiger partial charge in [0.2, 0.25) is 0 Å². The van der Waals surface area contributed by atoms with Crippen molar-refractivity contribution in [2.24, 2.45) is 0 Å². The molecule has 0 bridgehead atoms. The first-order valence-corrected chi connectivity index (χ1v) is 5.05. The van der Waals surface area contributed by atoms with Gasteiger partial charge in [0.05, 0.1) is 12.3 Å². The largest absolute Gasteiger partial charge is 0.396 e. The average molecular weight is 226 g/mol. The molecule has 1 aromatic carbocycles. The van der Waals surface area contributed by atoms with Crippen LogP contribution in [0.5, 0.6) is 0 Å². The van der Waals surface area contributed by atoms with E-state index in [9.17, 15) is 9.18 Å². The van der Waals surface area contributed by atoms with Crippen LogP contribution in [-0.4, -0.2) is 35.6 Å². The Morgan fingerprint density at radius 3 is 2.75 bits per heavy atom. The van der Waals surface area contributed by atoms with Gasteiger partial charge in [0.25, 0.3) is 5.91 Å². The number of hydrogen-bond acceptors (Lipinski definition) is 3. The fourth-order valence-corrected chi connectivity index (χ4v) is 1.37. The number of benzene rings is 1. The summed E-state index contributed by atoms with van der Waals surface area (Å²) >= 11 is 0. The lowest BCUT2D eigenvalue weighted by atomic mass is 10.1. The van der Waals surface area contributed by atoms with Gasteiger partial charge in [-0.05, 0) is 25.1 Å². The van der Waals surface area contributed by atoms with E-state index >= 15 is 0 Å². The predicted molar refractivity (Wildman–Crippen MR) is 59.5 cm³/mol. The highest BCUT2D eigenvalue weighted by atomic mass is 19.1. The molecular formula is C11H15FN2O2. The molecule has 0 spiro atoms. The molecule has 0 fully saturated rings. The summed E-state index contributed by atoms with van der Waals surface area (Å²) in [5, 5.41) is 8.77. The first-order chi connectivity index (χ1) is 7.60. The molecule has 0 radical (unpaired) electrons. The van der Waals surface area contributed by atoms with E-state index in [-0.39, 0.29) is 30.3 Å². The fourth-order valence-electron chi connectivity index (χ4n) is 1.37. The summed E-state index contributed by atoms with van der Waals surface area (Å²) in [4.78, 5) is 13.3. The Balaban J connectivity index is 2.90. The van der Waals surface area contributed by atoms with Crippen molar-refractivity contribution in [1.29, 1.82) is 0 Å². The first-order valence-electron chi connectivity index (χ1n) is 5.05. The standard InChI is InChI=1S/C11H15FN2O2/c1-2-14(5-6-15)11(16)8-3-4-10(13)9(12)7-8/h3-4,7,15H,2,5-6,13H2,1H3. The van der Waals surface area contributed by atoms with Crippen LogP contribution in [0.4, 0.5) is 10.1 Å². The van der Waals surface area contributed by atoms with Gasteiger partial charge in [0.15, 0.2) is 0 Å². The van der Waals surface area contributed by atoms with Gasteiger partial charge in [-0.2, -0.15) is 0 Å². The SMILES string of the molecule is CCN(CCO)C(=O)c1ccc(N)c(F)c1. The molecule has 3 N–H and O–H groups in total. The van der Waals surface area contributed by atoms with Crippen molar-refractivity contribution >= 4 is 11.6 Å². The quantitative estimate of drug-likeness (QED) is 0.748. The van der Waals surface area contributed by atoms with E-state index in [4.69, 9.17) is 10.8 Å². The second-order valence-corrected chi connectivity index (χ2v) is 3.34. The van der Waals surface area contributed by atoms with E-state index in [0.29, 0.717) is 6.54 Å². The van der Waals surface area contributed by atoms with Gasteiger partial charge in [0, 0.05) is 18.7 Å². The molecule has 1 rings (SSSR count). The molecule has 0 unspecified atom stereocenters. The average Bonchev–Trinajstić information content (AvgIpc) is 2.28. The Morgan fingerprint density at radius 2 is 2.25 bits per heavy atom. The lowest BCUT2D eigenvalue weighted by Gasteiger charge is -2.19. The Labute approximate surface area is 93.5 Å². The molecule has 0 aromatic heterocycles. The number of aliphatic hydroxyl groups excluding tert-OH is 1. The van der Waals surface area contributed by atoms with E-state index < -0.39 is 5.82 Å². The van der Waals surface area contributed by atoms with Crippen molar-refractivity contribution in [3.8, 4) is 0 Å². The Hall–Kier alpha value is -1.62. The van der Waals surface area contributed by atoms with Crippen LogP contribution in [0.2, 0.25) is 0 Å². The zero-order valence-electron chi connectivity index (χ0n) is 9.11. The maximum Gasteiger partial charge on any atom is 0.254 e. The zero-order chi connectivity index (χ0) is 12.1. The van der Waals surface area contributed by atoms with Crippen molar-refractivity contribution in [2.75, 3.05) is 25.4 Å². The number of anilines is 1. The number of rotatable bonds is 4. The highest BCUT2D eigenvalue weighted by Gasteiger charge is 2.14. The van der Waals surface area contributed by atoms with Gasteiger partial charge in [0.1, 0.15) is 5.82 Å². The second kappa shape index (κ2) is 5.46. The van der Waals surface area contributed by atoms with Crippen LogP contribution in [0.15, 0.2) is 18.2 Å². The summed E-state index contributed by atoms with van der Waals surface area (Å²) in [6.45, 7) is 2.38. The molecule has 88 valence electrons. The third-order valence-corrected chi connectivity index (χ3v) is 2.29. The van der Waals surface area contributed by atoms with Crippen LogP contribution in [0, 0.1) is 5.82 Å². The van der Waals surface area contributed by atoms with E-state index in [2.05, 4.69) is 0 Å². The molecule has 16 heavy (non-hydrogen) atoms. The summed E-state index contributed by atoms with van der Waals surface area (Å²) in [6, 6.07) is 3.94. The van der Waals surface area contributed by atoms with Crippen molar-refractivity contribution in [3.63, 3.8) is 0 Å². The van der Waals surface area contributed by atoms with Gasteiger partial charge < -0.3 is 15.7 Å². The van der Waals surface area contributed by atoms with E-state index in [1.54, 1.807) is 6.92 Å². The number of nitrogens with two attached hydrogens (primary N) is 1. The summed E-state index contributed by atoms with van der Waals surface area (Å²) < 4.78 is 13.1. The lowest BCUT2D eigenvalue weighted by molar-refractivity contribution is 0.0731. The normalized spacial score (nSPS) is 10.2. The molecule has 0 aliphatic heterocycles. The van der Waals surface area contributed by atoms with Gasteiger partial charge in [-0.15, -0.1) is 0 Å². The smallest absolute Gasteiger partial charge is 0.254 e. The topological polar surface area (TPSA) is 66.6 Å². The minimum absolute atomic E-state index is 0.0155. The maximum absolute atomic E-state index is 13.1. The van der Waals surface area contributed by atoms with Crippen LogP contribution in [0.3, 0.4) is 0 Å². The van der Waals surface area contributed by atoms with Gasteiger partial charge in [-0.1, -0.05) is 0 Å². The van der Waals surface area contributed by atoms with E-state index in [1.165, 1.54) is 17.0 Å². The molecule has 0 saturated carbocycles. The Kier molecular flexibility index (Phi) is 4.25. The van der Waals surface area contributed by atoms with E-state index in [0.717, 1.165) is 6.07 Å². The molecule has 1 amide bonds. The number of halogens is 1. The Bertz CT molecular complexity index is 382. The minimum Gasteiger partial charge on any atom is -0.396 e. The molecule has 1 aromatic rings. The summed E-state index contributed by atoms with van der Waals surface area (Å²) in [5.74, 6) is -0.915. The number of nitrogen functional groups attached to an aromatic ring is 1. The number of likely N-dealkylation sites (N-methyl/N-ethyl adjacent to an activating group) is 1. The molecule has 0 aliphatic carbocycles. The predicted octanol–water partition coefficient (Wildman–Crippen LogP) is 0.862. The number of carbonyl (C=O) groups excluding carboxylic acids is 1. The van der Waals surface area contributed by atoms with Gasteiger partial charge in [-0.3, -0.25) is 4.79 Å². The molecule has 4 nitrogen and oxygen atoms in total. The Morgan fingerprint density at radius 1 is 1.56 bits per heavy atom. The number of aliphatic hydroxyl groups is 1. The number of hydrogen-bond donors (Lipinski definition) is 2. The van der Waals surface area contributed by atoms with Gasteiger partial charge >= 0.3 is 0 Å². The van der Waals surface area contributed by atoms with Crippen LogP contribution in [0.1, 0.15) is 17.3 Å². The molecule has 0 aliphatic rings. The van der Waals surface area contributed by atoms with Crippen LogP contribution < -0.4 is 5.73 Å². The maximum atomic E-state index is 13.1. The third kappa shape index (κ3) is 2.70. The zero-order valence-corrected chi connectivity index (χ0v) is 9.11. The molecule has 0 heterocycles. The molecule has 0 saturated heterocycles. The highest BCUT2D eigenvalue weighted by molar-refractivity contribution is 5.94. The number of carbonyl (C=O) groups is 1. The van der Waals surface area contributed by atoms with Crippen molar-refractivity contribution in [3.05, 3.63) is 29.6 Å². The lowest BCUT2D eigenvalue weighted by Crippen LogP contribution is -2.33. The highest BCUT2D eigenvalue weighted by Crippen LogP contribution is 2.13. The van der Waals surface area contributed by atoms with E-state index in [1.807, 2.05) is 0 Å². The van der Waals surface area contributed by atoms with Crippen molar-refractivity contribution < 1.29 is 14.3 Å². The number of nitrogens with zero attached hydrogens (tertiary/aromatic N) is 1. The van der Waals surface area contributed by atoms with Crippen molar-refractivity contribution in [2.45, 2.75) is 6.92 Å². The monoisotopic (exact) mass is 226 g/mol. The summed E-state index contributed by atoms with van der Waals surface area (Å²) in [6.07, 6.45) is 0. The summed E-state index contributed by atoms with van der Waals surface area (Å²) in [7, 11) is 0. The van der Waals surface area contributed by atoms with Crippen molar-refractivity contribution in [1.82, 2.24) is 4.90 Å². The third-order valence-electron chi connectivity index (χ3n) is 2.29. The van der Waals surface area contributed by atoms with Crippen LogP contribution in [-0.2, 0) is 0 Å². The fraction of sp³-hybridized carbons (Fsp3) is 0.364. The number of amides is 1.